The van der Waals surface area contributed by atoms with Gasteiger partial charge in [0, 0.05) is 32.7 Å². The number of hydrogen-bond donors (Lipinski definition) is 0. The summed E-state index contributed by atoms with van der Waals surface area (Å²) in [6.07, 6.45) is 1.02. The van der Waals surface area contributed by atoms with Crippen LogP contribution in [0.1, 0.15) is 76.3 Å². The maximum Gasteiger partial charge on any atom is 0.135 e. The van der Waals surface area contributed by atoms with Gasteiger partial charge in [0.1, 0.15) is 22.7 Å². The first-order valence-corrected chi connectivity index (χ1v) is 21.7. The third-order valence-corrected chi connectivity index (χ3v) is 15.2. The molecular formula is C59H40O2. The number of para-hydroxylation sites is 3. The monoisotopic (exact) mass is 780 g/mol. The lowest BCUT2D eigenvalue weighted by molar-refractivity contribution is 0.436. The largest absolute Gasteiger partial charge is 0.457 e. The molecule has 4 aliphatic rings. The first-order valence-electron chi connectivity index (χ1n) is 21.7. The van der Waals surface area contributed by atoms with Crippen molar-refractivity contribution in [2.24, 2.45) is 0 Å². The van der Waals surface area contributed by atoms with E-state index in [2.05, 4.69) is 202 Å². The Hall–Kier alpha value is -7.16. The van der Waals surface area contributed by atoms with Gasteiger partial charge in [0.05, 0.1) is 5.41 Å². The SMILES string of the molecule is CC1(C)c2ccccc2-c2ccc(C3CC3(c3ccc4c(c3)-c3c(ccc5ccccc35)C43c4ccccc4Oc4ccccc43)c3ccc4oc5ccccc5c4c3)cc21. The molecule has 14 rings (SSSR count). The highest BCUT2D eigenvalue weighted by Gasteiger charge is 2.59. The first kappa shape index (κ1) is 33.6. The second-order valence-corrected chi connectivity index (χ2v) is 18.3. The fourth-order valence-electron chi connectivity index (χ4n) is 12.4. The highest BCUT2D eigenvalue weighted by atomic mass is 16.5. The van der Waals surface area contributed by atoms with Crippen LogP contribution in [-0.2, 0) is 16.2 Å². The van der Waals surface area contributed by atoms with Crippen molar-refractivity contribution in [2.45, 2.75) is 42.4 Å². The van der Waals surface area contributed by atoms with Gasteiger partial charge in [-0.2, -0.15) is 0 Å². The Morgan fingerprint density at radius 2 is 1.08 bits per heavy atom. The highest BCUT2D eigenvalue weighted by molar-refractivity contribution is 6.06. The minimum Gasteiger partial charge on any atom is -0.457 e. The van der Waals surface area contributed by atoms with Crippen LogP contribution in [0.15, 0.2) is 192 Å². The predicted molar refractivity (Wildman–Crippen MR) is 247 cm³/mol. The van der Waals surface area contributed by atoms with Crippen LogP contribution in [0, 0.1) is 0 Å². The maximum absolute atomic E-state index is 6.71. The van der Waals surface area contributed by atoms with Crippen molar-refractivity contribution in [2.75, 3.05) is 0 Å². The molecule has 2 heterocycles. The highest BCUT2D eigenvalue weighted by Crippen LogP contribution is 2.68. The normalized spacial score (nSPS) is 19.2. The zero-order valence-electron chi connectivity index (χ0n) is 34.0. The molecule has 1 aromatic heterocycles. The summed E-state index contributed by atoms with van der Waals surface area (Å²) < 4.78 is 13.1. The molecule has 1 saturated carbocycles. The van der Waals surface area contributed by atoms with Gasteiger partial charge in [0.25, 0.3) is 0 Å². The van der Waals surface area contributed by atoms with E-state index in [0.29, 0.717) is 0 Å². The van der Waals surface area contributed by atoms with Crippen LogP contribution < -0.4 is 4.74 Å². The van der Waals surface area contributed by atoms with Gasteiger partial charge in [0.15, 0.2) is 0 Å². The molecule has 2 atom stereocenters. The smallest absolute Gasteiger partial charge is 0.135 e. The van der Waals surface area contributed by atoms with Crippen molar-refractivity contribution in [3.63, 3.8) is 0 Å². The zero-order chi connectivity index (χ0) is 40.2. The summed E-state index contributed by atoms with van der Waals surface area (Å²) in [6.45, 7) is 4.79. The average molecular weight is 781 g/mol. The van der Waals surface area contributed by atoms with E-state index in [1.807, 2.05) is 0 Å². The van der Waals surface area contributed by atoms with Gasteiger partial charge in [-0.3, -0.25) is 0 Å². The number of benzene rings is 9. The molecule has 3 aliphatic carbocycles. The number of rotatable bonds is 3. The fraction of sp³-hybridized carbons (Fsp3) is 0.119. The minimum absolute atomic E-state index is 0.0724. The molecule has 0 bridgehead atoms. The molecule has 61 heavy (non-hydrogen) atoms. The fourth-order valence-corrected chi connectivity index (χ4v) is 12.4. The number of hydrogen-bond acceptors (Lipinski definition) is 2. The Morgan fingerprint density at radius 3 is 1.92 bits per heavy atom. The Morgan fingerprint density at radius 1 is 0.443 bits per heavy atom. The second-order valence-electron chi connectivity index (χ2n) is 18.3. The van der Waals surface area contributed by atoms with Crippen molar-refractivity contribution < 1.29 is 9.15 Å². The van der Waals surface area contributed by atoms with Crippen molar-refractivity contribution >= 4 is 32.7 Å². The lowest BCUT2D eigenvalue weighted by atomic mass is 9.66. The zero-order valence-corrected chi connectivity index (χ0v) is 34.0. The molecule has 288 valence electrons. The first-order chi connectivity index (χ1) is 30.0. The predicted octanol–water partition coefficient (Wildman–Crippen LogP) is 15.0. The summed E-state index contributed by atoms with van der Waals surface area (Å²) in [6, 6.07) is 70.4. The molecule has 2 nitrogen and oxygen atoms in total. The Labute approximate surface area is 354 Å². The third kappa shape index (κ3) is 4.18. The van der Waals surface area contributed by atoms with Gasteiger partial charge >= 0.3 is 0 Å². The van der Waals surface area contributed by atoms with Crippen molar-refractivity contribution in [1.29, 1.82) is 0 Å². The van der Waals surface area contributed by atoms with Crippen LogP contribution in [0.2, 0.25) is 0 Å². The summed E-state index contributed by atoms with van der Waals surface area (Å²) in [5.74, 6) is 2.12. The molecule has 1 spiro atoms. The summed E-state index contributed by atoms with van der Waals surface area (Å²) in [5, 5.41) is 4.87. The van der Waals surface area contributed by atoms with Crippen molar-refractivity contribution in [1.82, 2.24) is 0 Å². The summed E-state index contributed by atoms with van der Waals surface area (Å²) in [7, 11) is 0. The molecular weight excluding hydrogens is 741 g/mol. The van der Waals surface area contributed by atoms with E-state index in [9.17, 15) is 0 Å². The van der Waals surface area contributed by atoms with Crippen LogP contribution in [0.25, 0.3) is 55.0 Å². The van der Waals surface area contributed by atoms with Gasteiger partial charge in [0.2, 0.25) is 0 Å². The maximum atomic E-state index is 6.71. The molecule has 0 radical (unpaired) electrons. The van der Waals surface area contributed by atoms with Crippen LogP contribution >= 0.6 is 0 Å². The summed E-state index contributed by atoms with van der Waals surface area (Å²) >= 11 is 0. The molecule has 0 N–H and O–H groups in total. The van der Waals surface area contributed by atoms with Crippen LogP contribution in [-0.4, -0.2) is 0 Å². The Bertz CT molecular complexity index is 3500. The minimum atomic E-state index is -0.538. The van der Waals surface area contributed by atoms with Gasteiger partial charge in [-0.1, -0.05) is 166 Å². The topological polar surface area (TPSA) is 22.4 Å². The van der Waals surface area contributed by atoms with Crippen LogP contribution in [0.5, 0.6) is 11.5 Å². The van der Waals surface area contributed by atoms with Gasteiger partial charge in [-0.25, -0.2) is 0 Å². The summed E-state index contributed by atoms with van der Waals surface area (Å²) in [4.78, 5) is 0. The molecule has 2 unspecified atom stereocenters. The quantitative estimate of drug-likeness (QED) is 0.178. The standard InChI is InChI=1S/C59H40O2/c1-57(2)45-17-7-5-15-40(45)41-27-23-36(31-50(41)57)51-34-58(51,38-26-30-53-43(32-38)42-16-6-10-20-52(42)60-53)37-25-29-46-44(33-37)56-39-14-4-3-13-35(39)24-28-49(56)59(46)47-18-8-11-21-54(47)61-55-22-12-9-19-48(55)59/h3-33,51H,34H2,1-2H3. The van der Waals surface area contributed by atoms with E-state index in [1.54, 1.807) is 0 Å². The summed E-state index contributed by atoms with van der Waals surface area (Å²) in [5.41, 5.74) is 18.3. The lowest BCUT2D eigenvalue weighted by Gasteiger charge is -2.39. The molecule has 0 amide bonds. The van der Waals surface area contributed by atoms with Crippen molar-refractivity contribution in [3.05, 3.63) is 238 Å². The number of fused-ring (bicyclic) bond motifs is 17. The Kier molecular flexibility index (Phi) is 6.38. The van der Waals surface area contributed by atoms with E-state index in [4.69, 9.17) is 9.15 Å². The van der Waals surface area contributed by atoms with Gasteiger partial charge in [-0.05, 0) is 121 Å². The second kappa shape index (κ2) is 11.6. The molecule has 9 aromatic carbocycles. The lowest BCUT2D eigenvalue weighted by Crippen LogP contribution is -2.32. The molecule has 1 fully saturated rings. The van der Waals surface area contributed by atoms with Crippen LogP contribution in [0.4, 0.5) is 0 Å². The average Bonchev–Trinajstić information content (AvgIpc) is 3.77. The molecule has 1 aliphatic heterocycles. The van der Waals surface area contributed by atoms with Crippen molar-refractivity contribution in [3.8, 4) is 33.8 Å². The number of ether oxygens (including phenoxy) is 1. The Balaban J connectivity index is 1.04. The van der Waals surface area contributed by atoms with Gasteiger partial charge in [-0.15, -0.1) is 0 Å². The van der Waals surface area contributed by atoms with E-state index >= 15 is 0 Å². The molecule has 2 heteroatoms. The van der Waals surface area contributed by atoms with E-state index in [-0.39, 0.29) is 16.7 Å². The third-order valence-electron chi connectivity index (χ3n) is 15.2. The number of furan rings is 1. The van der Waals surface area contributed by atoms with E-state index < -0.39 is 5.41 Å². The van der Waals surface area contributed by atoms with Crippen LogP contribution in [0.3, 0.4) is 0 Å². The van der Waals surface area contributed by atoms with Gasteiger partial charge < -0.3 is 9.15 Å². The molecule has 0 saturated heterocycles. The van der Waals surface area contributed by atoms with E-state index in [0.717, 1.165) is 34.5 Å². The van der Waals surface area contributed by atoms with E-state index in [1.165, 1.54) is 88.5 Å². The molecule has 10 aromatic rings.